The fourth-order valence-electron chi connectivity index (χ4n) is 4.08. The van der Waals surface area contributed by atoms with Crippen molar-refractivity contribution in [1.82, 2.24) is 5.32 Å². The van der Waals surface area contributed by atoms with Crippen LogP contribution in [0.3, 0.4) is 0 Å². The molecule has 2 fully saturated rings. The van der Waals surface area contributed by atoms with E-state index < -0.39 is 0 Å². The van der Waals surface area contributed by atoms with Crippen LogP contribution in [0.25, 0.3) is 0 Å². The van der Waals surface area contributed by atoms with E-state index in [1.807, 2.05) is 0 Å². The zero-order valence-corrected chi connectivity index (χ0v) is 12.8. The molecule has 0 unspecified atom stereocenters. The van der Waals surface area contributed by atoms with E-state index in [1.54, 1.807) is 0 Å². The SMILES string of the molecule is CC1(C)C(CNCC2(CN)CCCCC2)C1(C)C. The van der Waals surface area contributed by atoms with E-state index in [0.29, 0.717) is 16.2 Å². The summed E-state index contributed by atoms with van der Waals surface area (Å²) in [5.74, 6) is 0.823. The molecule has 18 heavy (non-hydrogen) atoms. The highest BCUT2D eigenvalue weighted by Gasteiger charge is 2.63. The zero-order valence-electron chi connectivity index (χ0n) is 12.8. The van der Waals surface area contributed by atoms with Crippen molar-refractivity contribution in [2.45, 2.75) is 59.8 Å². The smallest absolute Gasteiger partial charge is 0.00200 e. The fraction of sp³-hybridized carbons (Fsp3) is 1.00. The highest BCUT2D eigenvalue weighted by Crippen LogP contribution is 2.67. The normalized spacial score (nSPS) is 29.2. The molecule has 3 N–H and O–H groups in total. The molecule has 0 amide bonds. The van der Waals surface area contributed by atoms with Gasteiger partial charge in [0.2, 0.25) is 0 Å². The van der Waals surface area contributed by atoms with Gasteiger partial charge in [-0.3, -0.25) is 0 Å². The quantitative estimate of drug-likeness (QED) is 0.789. The van der Waals surface area contributed by atoms with E-state index in [-0.39, 0.29) is 0 Å². The van der Waals surface area contributed by atoms with Crippen molar-refractivity contribution in [3.63, 3.8) is 0 Å². The lowest BCUT2D eigenvalue weighted by molar-refractivity contribution is 0.190. The van der Waals surface area contributed by atoms with Gasteiger partial charge >= 0.3 is 0 Å². The summed E-state index contributed by atoms with van der Waals surface area (Å²) in [6.45, 7) is 12.8. The monoisotopic (exact) mass is 252 g/mol. The Morgan fingerprint density at radius 2 is 1.56 bits per heavy atom. The lowest BCUT2D eigenvalue weighted by Crippen LogP contribution is -2.42. The zero-order chi connectivity index (χ0) is 13.4. The maximum absolute atomic E-state index is 6.04. The van der Waals surface area contributed by atoms with E-state index in [9.17, 15) is 0 Å². The summed E-state index contributed by atoms with van der Waals surface area (Å²) >= 11 is 0. The number of nitrogens with one attached hydrogen (secondary N) is 1. The molecule has 0 aliphatic heterocycles. The van der Waals surface area contributed by atoms with E-state index in [0.717, 1.165) is 19.0 Å². The molecule has 2 aliphatic carbocycles. The summed E-state index contributed by atoms with van der Waals surface area (Å²) in [4.78, 5) is 0. The van der Waals surface area contributed by atoms with Crippen molar-refractivity contribution in [2.75, 3.05) is 19.6 Å². The molecule has 0 atom stereocenters. The van der Waals surface area contributed by atoms with Crippen LogP contribution in [0.1, 0.15) is 59.8 Å². The number of rotatable bonds is 5. The molecule has 0 bridgehead atoms. The van der Waals surface area contributed by atoms with Gasteiger partial charge in [0.25, 0.3) is 0 Å². The Kier molecular flexibility index (Phi) is 3.81. The Morgan fingerprint density at radius 1 is 1.00 bits per heavy atom. The van der Waals surface area contributed by atoms with Crippen LogP contribution in [0, 0.1) is 22.2 Å². The Bertz CT molecular complexity index is 273. The van der Waals surface area contributed by atoms with Gasteiger partial charge in [0, 0.05) is 6.54 Å². The largest absolute Gasteiger partial charge is 0.330 e. The van der Waals surface area contributed by atoms with Gasteiger partial charge in [-0.2, -0.15) is 0 Å². The van der Waals surface area contributed by atoms with Crippen molar-refractivity contribution in [3.8, 4) is 0 Å². The second kappa shape index (κ2) is 4.79. The Morgan fingerprint density at radius 3 is 2.00 bits per heavy atom. The van der Waals surface area contributed by atoms with Crippen LogP contribution in [0.4, 0.5) is 0 Å². The molecular weight excluding hydrogens is 220 g/mol. The standard InChI is InChI=1S/C16H32N2/c1-14(2)13(15(14,3)4)10-18-12-16(11-17)8-6-5-7-9-16/h13,18H,5-12,17H2,1-4H3. The maximum Gasteiger partial charge on any atom is 0.00200 e. The molecule has 0 aromatic heterocycles. The van der Waals surface area contributed by atoms with Crippen molar-refractivity contribution in [3.05, 3.63) is 0 Å². The van der Waals surface area contributed by atoms with Gasteiger partial charge in [0.15, 0.2) is 0 Å². The second-order valence-corrected chi connectivity index (χ2v) is 7.89. The Hall–Kier alpha value is -0.0800. The topological polar surface area (TPSA) is 38.0 Å². The second-order valence-electron chi connectivity index (χ2n) is 7.89. The predicted molar refractivity (Wildman–Crippen MR) is 78.5 cm³/mol. The third kappa shape index (κ3) is 2.34. The molecule has 2 rings (SSSR count). The van der Waals surface area contributed by atoms with Crippen LogP contribution < -0.4 is 11.1 Å². The average Bonchev–Trinajstić information content (AvgIpc) is 2.73. The minimum atomic E-state index is 0.404. The summed E-state index contributed by atoms with van der Waals surface area (Å²) in [6, 6.07) is 0. The van der Waals surface area contributed by atoms with Gasteiger partial charge in [0.1, 0.15) is 0 Å². The van der Waals surface area contributed by atoms with Gasteiger partial charge in [-0.05, 0) is 48.1 Å². The van der Waals surface area contributed by atoms with Crippen LogP contribution in [0.5, 0.6) is 0 Å². The van der Waals surface area contributed by atoms with Gasteiger partial charge < -0.3 is 11.1 Å². The minimum absolute atomic E-state index is 0.404. The summed E-state index contributed by atoms with van der Waals surface area (Å²) in [5, 5.41) is 3.74. The molecule has 2 saturated carbocycles. The molecule has 2 aliphatic rings. The summed E-state index contributed by atoms with van der Waals surface area (Å²) in [5.41, 5.74) is 7.45. The van der Waals surface area contributed by atoms with Gasteiger partial charge in [-0.25, -0.2) is 0 Å². The first kappa shape index (κ1) is 14.3. The van der Waals surface area contributed by atoms with E-state index in [4.69, 9.17) is 5.73 Å². The summed E-state index contributed by atoms with van der Waals surface area (Å²) in [7, 11) is 0. The van der Waals surface area contributed by atoms with E-state index in [2.05, 4.69) is 33.0 Å². The molecule has 2 heteroatoms. The van der Waals surface area contributed by atoms with Crippen LogP contribution in [0.2, 0.25) is 0 Å². The highest BCUT2D eigenvalue weighted by molar-refractivity contribution is 5.12. The minimum Gasteiger partial charge on any atom is -0.330 e. The van der Waals surface area contributed by atoms with Gasteiger partial charge in [-0.15, -0.1) is 0 Å². The molecule has 0 aromatic rings. The van der Waals surface area contributed by atoms with E-state index in [1.165, 1.54) is 38.6 Å². The third-order valence-corrected chi connectivity index (χ3v) is 6.52. The van der Waals surface area contributed by atoms with Gasteiger partial charge in [0.05, 0.1) is 0 Å². The number of hydrogen-bond donors (Lipinski definition) is 2. The molecule has 0 radical (unpaired) electrons. The first-order valence-electron chi connectivity index (χ1n) is 7.77. The molecule has 0 spiro atoms. The lowest BCUT2D eigenvalue weighted by atomic mass is 9.74. The van der Waals surface area contributed by atoms with Crippen molar-refractivity contribution in [2.24, 2.45) is 27.9 Å². The predicted octanol–water partition coefficient (Wildman–Crippen LogP) is 3.17. The first-order valence-corrected chi connectivity index (χ1v) is 7.77. The number of nitrogens with two attached hydrogens (primary N) is 1. The third-order valence-electron chi connectivity index (χ3n) is 6.52. The number of hydrogen-bond acceptors (Lipinski definition) is 2. The van der Waals surface area contributed by atoms with Crippen molar-refractivity contribution >= 4 is 0 Å². The molecule has 106 valence electrons. The average molecular weight is 252 g/mol. The molecule has 2 nitrogen and oxygen atoms in total. The maximum atomic E-state index is 6.04. The fourth-order valence-corrected chi connectivity index (χ4v) is 4.08. The molecule has 0 aromatic carbocycles. The Balaban J connectivity index is 1.78. The van der Waals surface area contributed by atoms with Crippen LogP contribution in [-0.2, 0) is 0 Å². The first-order chi connectivity index (χ1) is 8.36. The molecular formula is C16H32N2. The van der Waals surface area contributed by atoms with Crippen LogP contribution >= 0.6 is 0 Å². The highest BCUT2D eigenvalue weighted by atomic mass is 14.9. The van der Waals surface area contributed by atoms with Crippen molar-refractivity contribution in [1.29, 1.82) is 0 Å². The van der Waals surface area contributed by atoms with Gasteiger partial charge in [-0.1, -0.05) is 47.0 Å². The Labute approximate surface area is 113 Å². The van der Waals surface area contributed by atoms with Crippen molar-refractivity contribution < 1.29 is 0 Å². The lowest BCUT2D eigenvalue weighted by Gasteiger charge is -2.36. The molecule has 0 heterocycles. The van der Waals surface area contributed by atoms with Crippen LogP contribution in [-0.4, -0.2) is 19.6 Å². The van der Waals surface area contributed by atoms with Crippen LogP contribution in [0.15, 0.2) is 0 Å². The summed E-state index contributed by atoms with van der Waals surface area (Å²) in [6.07, 6.45) is 6.81. The molecule has 0 saturated heterocycles. The van der Waals surface area contributed by atoms with E-state index >= 15 is 0 Å². The summed E-state index contributed by atoms with van der Waals surface area (Å²) < 4.78 is 0.